The second kappa shape index (κ2) is 7.61. The van der Waals surface area contributed by atoms with E-state index >= 15 is 0 Å². The van der Waals surface area contributed by atoms with Crippen LogP contribution in [-0.2, 0) is 20.9 Å². The van der Waals surface area contributed by atoms with Gasteiger partial charge in [-0.25, -0.2) is 4.39 Å². The quantitative estimate of drug-likeness (QED) is 0.613. The highest BCUT2D eigenvalue weighted by atomic mass is 19.1. The molecule has 2 atom stereocenters. The number of carbonyl (C=O) groups excluding carboxylic acids is 2. The number of hydrogen-bond donors (Lipinski definition) is 4. The van der Waals surface area contributed by atoms with Crippen LogP contribution in [0, 0.1) is 11.2 Å². The maximum atomic E-state index is 13.1. The van der Waals surface area contributed by atoms with Crippen molar-refractivity contribution in [2.75, 3.05) is 23.4 Å². The summed E-state index contributed by atoms with van der Waals surface area (Å²) in [6.07, 6.45) is -3.08. The third kappa shape index (κ3) is 3.69. The van der Waals surface area contributed by atoms with Crippen LogP contribution in [0.1, 0.15) is 11.1 Å². The van der Waals surface area contributed by atoms with E-state index in [0.29, 0.717) is 23.8 Å². The first-order valence-corrected chi connectivity index (χ1v) is 9.07. The van der Waals surface area contributed by atoms with E-state index in [1.165, 1.54) is 29.2 Å². The molecule has 0 bridgehead atoms. The molecule has 4 rings (SSSR count). The van der Waals surface area contributed by atoms with Gasteiger partial charge in [0.1, 0.15) is 11.7 Å². The van der Waals surface area contributed by atoms with Gasteiger partial charge in [0.2, 0.25) is 0 Å². The fourth-order valence-electron chi connectivity index (χ4n) is 3.40. The van der Waals surface area contributed by atoms with E-state index in [1.807, 2.05) is 0 Å². The Balaban J connectivity index is 1.46. The zero-order valence-corrected chi connectivity index (χ0v) is 15.3. The smallest absolute Gasteiger partial charge is 0.259 e. The van der Waals surface area contributed by atoms with Gasteiger partial charge in [0.25, 0.3) is 11.8 Å². The Morgan fingerprint density at radius 2 is 2.07 bits per heavy atom. The molecule has 2 aliphatic rings. The van der Waals surface area contributed by atoms with Gasteiger partial charge in [0.15, 0.2) is 12.2 Å². The van der Waals surface area contributed by atoms with Gasteiger partial charge in [-0.3, -0.25) is 15.0 Å². The molecule has 2 aromatic rings. The van der Waals surface area contributed by atoms with Crippen LogP contribution < -0.4 is 15.5 Å². The van der Waals surface area contributed by atoms with E-state index in [2.05, 4.69) is 10.6 Å². The highest BCUT2D eigenvalue weighted by Crippen LogP contribution is 2.23. The molecule has 0 aromatic heterocycles. The SMILES string of the molecule is N=C1NCc2cc(NC(=O)[C@H](O)[C@H]3OCCN(c4ccc(F)cc4)C3=O)ccc21. The van der Waals surface area contributed by atoms with Crippen LogP contribution in [0.25, 0.3) is 0 Å². The third-order valence-corrected chi connectivity index (χ3v) is 4.91. The molecule has 0 aliphatic carbocycles. The van der Waals surface area contributed by atoms with E-state index in [0.717, 1.165) is 11.1 Å². The number of amidine groups is 1. The summed E-state index contributed by atoms with van der Waals surface area (Å²) in [5, 5.41) is 23.7. The maximum Gasteiger partial charge on any atom is 0.259 e. The number of aliphatic hydroxyl groups is 1. The summed E-state index contributed by atoms with van der Waals surface area (Å²) >= 11 is 0. The molecule has 2 aromatic carbocycles. The highest BCUT2D eigenvalue weighted by molar-refractivity contribution is 6.04. The lowest BCUT2D eigenvalue weighted by atomic mass is 10.1. The summed E-state index contributed by atoms with van der Waals surface area (Å²) in [5.41, 5.74) is 2.52. The number of morpholine rings is 1. The average molecular weight is 398 g/mol. The third-order valence-electron chi connectivity index (χ3n) is 4.91. The fraction of sp³-hybridized carbons (Fsp3) is 0.250. The number of carbonyl (C=O) groups is 2. The van der Waals surface area contributed by atoms with Crippen LogP contribution in [0.4, 0.5) is 15.8 Å². The van der Waals surface area contributed by atoms with Crippen molar-refractivity contribution >= 4 is 29.0 Å². The molecule has 0 saturated carbocycles. The number of ether oxygens (including phenoxy) is 1. The molecule has 2 aliphatic heterocycles. The average Bonchev–Trinajstić information content (AvgIpc) is 3.08. The Bertz CT molecular complexity index is 979. The number of nitrogens with zero attached hydrogens (tertiary/aromatic N) is 1. The van der Waals surface area contributed by atoms with Crippen molar-refractivity contribution in [3.05, 3.63) is 59.4 Å². The molecule has 29 heavy (non-hydrogen) atoms. The van der Waals surface area contributed by atoms with E-state index < -0.39 is 29.8 Å². The minimum Gasteiger partial charge on any atom is -0.380 e. The van der Waals surface area contributed by atoms with E-state index in [4.69, 9.17) is 10.1 Å². The minimum atomic E-state index is -1.71. The fourth-order valence-corrected chi connectivity index (χ4v) is 3.40. The molecule has 0 unspecified atom stereocenters. The molecule has 1 saturated heterocycles. The van der Waals surface area contributed by atoms with Gasteiger partial charge >= 0.3 is 0 Å². The van der Waals surface area contributed by atoms with E-state index in [1.54, 1.807) is 18.2 Å². The zero-order chi connectivity index (χ0) is 20.5. The molecule has 0 radical (unpaired) electrons. The van der Waals surface area contributed by atoms with Crippen molar-refractivity contribution in [1.82, 2.24) is 5.32 Å². The molecule has 0 spiro atoms. The first-order chi connectivity index (χ1) is 13.9. The van der Waals surface area contributed by atoms with Gasteiger partial charge in [-0.2, -0.15) is 0 Å². The zero-order valence-electron chi connectivity index (χ0n) is 15.3. The van der Waals surface area contributed by atoms with Crippen molar-refractivity contribution in [2.45, 2.75) is 18.8 Å². The molecular formula is C20H19FN4O4. The predicted molar refractivity (Wildman–Crippen MR) is 103 cm³/mol. The minimum absolute atomic E-state index is 0.130. The molecule has 150 valence electrons. The largest absolute Gasteiger partial charge is 0.380 e. The van der Waals surface area contributed by atoms with Crippen molar-refractivity contribution in [1.29, 1.82) is 5.41 Å². The summed E-state index contributed by atoms with van der Waals surface area (Å²) in [5.74, 6) is -1.45. The lowest BCUT2D eigenvalue weighted by molar-refractivity contribution is -0.150. The first-order valence-electron chi connectivity index (χ1n) is 9.07. The molecule has 9 heteroatoms. The standard InChI is InChI=1S/C20H19FN4O4/c21-12-1-4-14(5-2-12)25-7-8-29-17(20(25)28)16(26)19(27)24-13-3-6-15-11(9-13)10-23-18(15)22/h1-6,9,16-17,26H,7-8,10H2,(H2,22,23)(H,24,27)/t16-,17-/m1/s1. The lowest BCUT2D eigenvalue weighted by Crippen LogP contribution is -2.55. The second-order valence-corrected chi connectivity index (χ2v) is 6.79. The number of amides is 2. The van der Waals surface area contributed by atoms with Gasteiger partial charge in [-0.15, -0.1) is 0 Å². The Kier molecular flexibility index (Phi) is 4.99. The van der Waals surface area contributed by atoms with Crippen molar-refractivity contribution in [3.8, 4) is 0 Å². The molecular weight excluding hydrogens is 379 g/mol. The van der Waals surface area contributed by atoms with Crippen molar-refractivity contribution < 1.29 is 23.8 Å². The number of anilines is 2. The number of hydrogen-bond acceptors (Lipinski definition) is 5. The normalized spacial score (nSPS) is 19.5. The summed E-state index contributed by atoms with van der Waals surface area (Å²) in [6.45, 7) is 0.848. The van der Waals surface area contributed by atoms with Crippen LogP contribution in [0.3, 0.4) is 0 Å². The molecule has 4 N–H and O–H groups in total. The predicted octanol–water partition coefficient (Wildman–Crippen LogP) is 0.986. The maximum absolute atomic E-state index is 13.1. The number of rotatable bonds is 4. The second-order valence-electron chi connectivity index (χ2n) is 6.79. The lowest BCUT2D eigenvalue weighted by Gasteiger charge is -2.34. The monoisotopic (exact) mass is 398 g/mol. The Labute approximate surface area is 165 Å². The van der Waals surface area contributed by atoms with Crippen LogP contribution in [0.15, 0.2) is 42.5 Å². The van der Waals surface area contributed by atoms with E-state index in [-0.39, 0.29) is 13.2 Å². The van der Waals surface area contributed by atoms with Gasteiger partial charge in [-0.1, -0.05) is 0 Å². The Morgan fingerprint density at radius 1 is 1.31 bits per heavy atom. The van der Waals surface area contributed by atoms with Crippen molar-refractivity contribution in [3.63, 3.8) is 0 Å². The number of benzene rings is 2. The molecule has 2 amide bonds. The Hall–Kier alpha value is -3.30. The van der Waals surface area contributed by atoms with Crippen LogP contribution in [0.5, 0.6) is 0 Å². The summed E-state index contributed by atoms with van der Waals surface area (Å²) in [7, 11) is 0. The van der Waals surface area contributed by atoms with Crippen LogP contribution >= 0.6 is 0 Å². The topological polar surface area (TPSA) is 115 Å². The summed E-state index contributed by atoms with van der Waals surface area (Å²) in [4.78, 5) is 26.6. The Morgan fingerprint density at radius 3 is 2.83 bits per heavy atom. The van der Waals surface area contributed by atoms with Crippen molar-refractivity contribution in [2.24, 2.45) is 0 Å². The molecule has 2 heterocycles. The summed E-state index contributed by atoms with van der Waals surface area (Å²) < 4.78 is 18.5. The number of fused-ring (bicyclic) bond motifs is 1. The van der Waals surface area contributed by atoms with E-state index in [9.17, 15) is 19.1 Å². The number of aliphatic hydroxyl groups excluding tert-OH is 1. The van der Waals surface area contributed by atoms with Gasteiger partial charge in [0, 0.05) is 30.0 Å². The van der Waals surface area contributed by atoms with Gasteiger partial charge in [-0.05, 0) is 48.0 Å². The molecule has 8 nitrogen and oxygen atoms in total. The first kappa shape index (κ1) is 19.0. The molecule has 1 fully saturated rings. The van der Waals surface area contributed by atoms with Gasteiger partial charge in [0.05, 0.1) is 6.61 Å². The van der Waals surface area contributed by atoms with Crippen LogP contribution in [-0.4, -0.2) is 48.1 Å². The van der Waals surface area contributed by atoms with Crippen LogP contribution in [0.2, 0.25) is 0 Å². The highest BCUT2D eigenvalue weighted by Gasteiger charge is 2.39. The number of halogens is 1. The van der Waals surface area contributed by atoms with Gasteiger partial charge < -0.3 is 25.4 Å². The number of nitrogens with one attached hydrogen (secondary N) is 3. The summed E-state index contributed by atoms with van der Waals surface area (Å²) in [6, 6.07) is 10.4.